The molecule has 0 radical (unpaired) electrons. The molecular weight excluding hydrogens is 331 g/mol. The van der Waals surface area contributed by atoms with Crippen LogP contribution in [0.3, 0.4) is 0 Å². The third kappa shape index (κ3) is 4.35. The summed E-state index contributed by atoms with van der Waals surface area (Å²) in [6.07, 6.45) is 5.14. The molecule has 0 spiro atoms. The lowest BCUT2D eigenvalue weighted by molar-refractivity contribution is -0.117. The van der Waals surface area contributed by atoms with Gasteiger partial charge in [-0.15, -0.1) is 0 Å². The Kier molecular flexibility index (Phi) is 5.91. The van der Waals surface area contributed by atoms with Crippen LogP contribution in [-0.4, -0.2) is 11.0 Å². The van der Waals surface area contributed by atoms with Gasteiger partial charge in [0.05, 0.1) is 10.7 Å². The first-order valence-electron chi connectivity index (χ1n) is 6.98. The molecule has 1 aromatic carbocycles. The Labute approximate surface area is 139 Å². The fraction of sp³-hybridized carbons (Fsp3) is 0.467. The van der Waals surface area contributed by atoms with Crippen LogP contribution in [-0.2, 0) is 4.79 Å². The highest BCUT2D eigenvalue weighted by molar-refractivity contribution is 6.83. The van der Waals surface area contributed by atoms with E-state index < -0.39 is 0 Å². The van der Waals surface area contributed by atoms with Crippen LogP contribution in [0.5, 0.6) is 0 Å². The number of aryl methyl sites for hydroxylation is 1. The van der Waals surface area contributed by atoms with Gasteiger partial charge in [-0.1, -0.05) is 54.1 Å². The van der Waals surface area contributed by atoms with Crippen molar-refractivity contribution in [3.63, 3.8) is 0 Å². The van der Waals surface area contributed by atoms with E-state index in [0.717, 1.165) is 31.2 Å². The van der Waals surface area contributed by atoms with E-state index in [1.807, 2.05) is 6.92 Å². The molecular formula is C15H17Cl3N2O. The van der Waals surface area contributed by atoms with Crippen LogP contribution < -0.4 is 5.43 Å². The Bertz CT molecular complexity index is 543. The van der Waals surface area contributed by atoms with Gasteiger partial charge in [-0.3, -0.25) is 10.2 Å². The van der Waals surface area contributed by atoms with Gasteiger partial charge in [0.25, 0.3) is 0 Å². The van der Waals surface area contributed by atoms with E-state index in [-0.39, 0.29) is 16.9 Å². The van der Waals surface area contributed by atoms with Gasteiger partial charge in [-0.25, -0.2) is 0 Å². The maximum Gasteiger partial charge on any atom is 0.197 e. The van der Waals surface area contributed by atoms with Crippen LogP contribution in [0.4, 0.5) is 5.69 Å². The number of rotatable bonds is 4. The minimum atomic E-state index is -0.0911. The van der Waals surface area contributed by atoms with E-state index >= 15 is 0 Å². The van der Waals surface area contributed by atoms with E-state index in [2.05, 4.69) is 10.5 Å². The number of anilines is 1. The molecule has 1 aliphatic carbocycles. The zero-order chi connectivity index (χ0) is 15.4. The highest BCUT2D eigenvalue weighted by Gasteiger charge is 2.24. The smallest absolute Gasteiger partial charge is 0.197 e. The number of nitrogens with one attached hydrogen (secondary N) is 1. The topological polar surface area (TPSA) is 41.5 Å². The molecule has 0 bridgehead atoms. The Hall–Kier alpha value is -0.770. The maximum absolute atomic E-state index is 12.2. The fourth-order valence-corrected chi connectivity index (χ4v) is 3.37. The summed E-state index contributed by atoms with van der Waals surface area (Å²) < 4.78 is 0. The third-order valence-electron chi connectivity index (χ3n) is 3.70. The highest BCUT2D eigenvalue weighted by atomic mass is 35.5. The molecule has 6 heteroatoms. The summed E-state index contributed by atoms with van der Waals surface area (Å²) in [4.78, 5) is 12.2. The Morgan fingerprint density at radius 2 is 1.90 bits per heavy atom. The minimum Gasteiger partial charge on any atom is -0.291 e. The molecule has 0 unspecified atom stereocenters. The molecule has 1 saturated carbocycles. The lowest BCUT2D eigenvalue weighted by Gasteiger charge is -2.19. The summed E-state index contributed by atoms with van der Waals surface area (Å²) in [5.41, 5.74) is 4.22. The lowest BCUT2D eigenvalue weighted by atomic mass is 9.86. The first-order valence-corrected chi connectivity index (χ1v) is 8.11. The van der Waals surface area contributed by atoms with Gasteiger partial charge >= 0.3 is 0 Å². The first-order chi connectivity index (χ1) is 9.99. The van der Waals surface area contributed by atoms with Gasteiger partial charge in [0.1, 0.15) is 0 Å². The van der Waals surface area contributed by atoms with Gasteiger partial charge < -0.3 is 0 Å². The standard InChI is InChI=1S/C15H17Cl3N2O/c1-9-7-11(16)8-12(17)13(9)19-20-15(18)14(21)10-5-3-2-4-6-10/h7-8,10,19H,2-6H2,1H3. The molecule has 21 heavy (non-hydrogen) atoms. The second kappa shape index (κ2) is 7.48. The zero-order valence-electron chi connectivity index (χ0n) is 11.8. The molecule has 0 saturated heterocycles. The number of benzene rings is 1. The Morgan fingerprint density at radius 3 is 2.52 bits per heavy atom. The van der Waals surface area contributed by atoms with E-state index in [0.29, 0.717) is 15.7 Å². The SMILES string of the molecule is Cc1cc(Cl)cc(Cl)c1NN=C(Cl)C(=O)C1CCCCC1. The van der Waals surface area contributed by atoms with Crippen LogP contribution in [0.2, 0.25) is 10.0 Å². The largest absolute Gasteiger partial charge is 0.291 e. The van der Waals surface area contributed by atoms with Crippen molar-refractivity contribution < 1.29 is 4.79 Å². The predicted molar refractivity (Wildman–Crippen MR) is 89.7 cm³/mol. The van der Waals surface area contributed by atoms with Crippen LogP contribution in [0.25, 0.3) is 0 Å². The van der Waals surface area contributed by atoms with E-state index in [1.54, 1.807) is 12.1 Å². The van der Waals surface area contributed by atoms with E-state index in [4.69, 9.17) is 34.8 Å². The van der Waals surface area contributed by atoms with Gasteiger partial charge in [0, 0.05) is 10.9 Å². The first kappa shape index (κ1) is 16.6. The average molecular weight is 348 g/mol. The number of hydrogen-bond donors (Lipinski definition) is 1. The van der Waals surface area contributed by atoms with Crippen LogP contribution >= 0.6 is 34.8 Å². The number of ketones is 1. The van der Waals surface area contributed by atoms with Crippen LogP contribution in [0.15, 0.2) is 17.2 Å². The van der Waals surface area contributed by atoms with Crippen molar-refractivity contribution in [1.82, 2.24) is 0 Å². The van der Waals surface area contributed by atoms with Gasteiger partial charge in [-0.2, -0.15) is 5.10 Å². The summed E-state index contributed by atoms with van der Waals surface area (Å²) in [5.74, 6) is -0.0924. The van der Waals surface area contributed by atoms with Crippen molar-refractivity contribution >= 4 is 51.4 Å². The Morgan fingerprint density at radius 1 is 1.24 bits per heavy atom. The monoisotopic (exact) mass is 346 g/mol. The lowest BCUT2D eigenvalue weighted by Crippen LogP contribution is -2.23. The molecule has 0 amide bonds. The average Bonchev–Trinajstić information content (AvgIpc) is 2.46. The third-order valence-corrected chi connectivity index (χ3v) is 4.48. The predicted octanol–water partition coefficient (Wildman–Crippen LogP) is 5.42. The summed E-state index contributed by atoms with van der Waals surface area (Å²) >= 11 is 18.0. The number of nitrogens with zero attached hydrogens (tertiary/aromatic N) is 1. The fourth-order valence-electron chi connectivity index (χ4n) is 2.54. The number of hydrazone groups is 1. The molecule has 1 aromatic rings. The molecule has 0 atom stereocenters. The molecule has 1 N–H and O–H groups in total. The van der Waals surface area contributed by atoms with Crippen molar-refractivity contribution in [2.45, 2.75) is 39.0 Å². The quantitative estimate of drug-likeness (QED) is 0.584. The molecule has 1 aliphatic rings. The Balaban J connectivity index is 2.08. The highest BCUT2D eigenvalue weighted by Crippen LogP contribution is 2.30. The molecule has 0 aromatic heterocycles. The second-order valence-electron chi connectivity index (χ2n) is 5.29. The summed E-state index contributed by atoms with van der Waals surface area (Å²) in [5, 5.41) is 4.95. The van der Waals surface area contributed by atoms with Crippen molar-refractivity contribution in [1.29, 1.82) is 0 Å². The van der Waals surface area contributed by atoms with Gasteiger partial charge in [-0.05, 0) is 37.5 Å². The summed E-state index contributed by atoms with van der Waals surface area (Å²) in [6, 6.07) is 3.38. The summed E-state index contributed by atoms with van der Waals surface area (Å²) in [7, 11) is 0. The number of hydrogen-bond acceptors (Lipinski definition) is 3. The molecule has 1 fully saturated rings. The number of carbonyl (C=O) groups is 1. The number of Topliss-reactive ketones (excluding diaryl/α,β-unsaturated/α-hetero) is 1. The van der Waals surface area contributed by atoms with Crippen LogP contribution in [0.1, 0.15) is 37.7 Å². The minimum absolute atomic E-state index is 0.00131. The molecule has 114 valence electrons. The molecule has 3 nitrogen and oxygen atoms in total. The van der Waals surface area contributed by atoms with Gasteiger partial charge in [0.2, 0.25) is 0 Å². The van der Waals surface area contributed by atoms with Crippen molar-refractivity contribution in [2.24, 2.45) is 11.0 Å². The van der Waals surface area contributed by atoms with E-state index in [9.17, 15) is 4.79 Å². The number of halogens is 3. The van der Waals surface area contributed by atoms with Crippen molar-refractivity contribution in [3.05, 3.63) is 27.7 Å². The van der Waals surface area contributed by atoms with Crippen molar-refractivity contribution in [3.8, 4) is 0 Å². The zero-order valence-corrected chi connectivity index (χ0v) is 14.0. The second-order valence-corrected chi connectivity index (χ2v) is 6.49. The molecule has 2 rings (SSSR count). The summed E-state index contributed by atoms with van der Waals surface area (Å²) in [6.45, 7) is 1.85. The van der Waals surface area contributed by atoms with E-state index in [1.165, 1.54) is 6.42 Å². The molecule has 0 heterocycles. The number of carbonyl (C=O) groups excluding carboxylic acids is 1. The normalized spacial score (nSPS) is 16.9. The van der Waals surface area contributed by atoms with Crippen molar-refractivity contribution in [2.75, 3.05) is 5.43 Å². The van der Waals surface area contributed by atoms with Crippen LogP contribution in [0, 0.1) is 12.8 Å². The molecule has 0 aliphatic heterocycles. The van der Waals surface area contributed by atoms with Gasteiger partial charge in [0.15, 0.2) is 11.0 Å². The maximum atomic E-state index is 12.2.